The lowest BCUT2D eigenvalue weighted by Crippen LogP contribution is -2.49. The molecule has 1 aromatic carbocycles. The molecule has 0 aliphatic carbocycles. The predicted molar refractivity (Wildman–Crippen MR) is 93.4 cm³/mol. The van der Waals surface area contributed by atoms with Gasteiger partial charge in [0.15, 0.2) is 12.7 Å². The minimum atomic E-state index is -4.60. The van der Waals surface area contributed by atoms with Crippen molar-refractivity contribution in [2.24, 2.45) is 0 Å². The molecule has 1 amide bonds. The fourth-order valence-electron chi connectivity index (χ4n) is 2.55. The molecule has 7 nitrogen and oxygen atoms in total. The number of carboxylic acid groups (broad SMARTS) is 1. The van der Waals surface area contributed by atoms with Crippen LogP contribution in [0.4, 0.5) is 18.0 Å². The Hall–Kier alpha value is -2.20. The SMILES string of the molecule is CC(OC(=O)N1CCN(Cc2ccc(Cl)cc2OCC(=O)O)CC1)C(F)(F)F. The van der Waals surface area contributed by atoms with Crippen molar-refractivity contribution >= 4 is 23.7 Å². The Balaban J connectivity index is 1.90. The number of halogens is 4. The molecule has 28 heavy (non-hydrogen) atoms. The summed E-state index contributed by atoms with van der Waals surface area (Å²) in [6.45, 7) is 1.93. The zero-order valence-corrected chi connectivity index (χ0v) is 15.8. The molecule has 1 fully saturated rings. The molecule has 1 unspecified atom stereocenters. The molecule has 2 rings (SSSR count). The van der Waals surface area contributed by atoms with Crippen molar-refractivity contribution < 1.29 is 37.3 Å². The summed E-state index contributed by atoms with van der Waals surface area (Å²) >= 11 is 5.92. The van der Waals surface area contributed by atoms with Crippen LogP contribution in [0.2, 0.25) is 5.02 Å². The predicted octanol–water partition coefficient (Wildman–Crippen LogP) is 3.01. The van der Waals surface area contributed by atoms with E-state index in [1.165, 1.54) is 11.0 Å². The summed E-state index contributed by atoms with van der Waals surface area (Å²) in [6, 6.07) is 4.88. The van der Waals surface area contributed by atoms with Crippen LogP contribution in [0.1, 0.15) is 12.5 Å². The highest BCUT2D eigenvalue weighted by Crippen LogP contribution is 2.26. The molecule has 0 radical (unpaired) electrons. The number of hydrogen-bond acceptors (Lipinski definition) is 5. The van der Waals surface area contributed by atoms with E-state index in [2.05, 4.69) is 4.74 Å². The van der Waals surface area contributed by atoms with Gasteiger partial charge in [-0.3, -0.25) is 4.90 Å². The number of ether oxygens (including phenoxy) is 2. The van der Waals surface area contributed by atoms with Crippen molar-refractivity contribution in [3.8, 4) is 5.75 Å². The molecule has 1 heterocycles. The van der Waals surface area contributed by atoms with E-state index in [0.717, 1.165) is 6.92 Å². The maximum Gasteiger partial charge on any atom is 0.425 e. The Morgan fingerprint density at radius 3 is 2.46 bits per heavy atom. The lowest BCUT2D eigenvalue weighted by atomic mass is 10.1. The average Bonchev–Trinajstić information content (AvgIpc) is 2.61. The van der Waals surface area contributed by atoms with E-state index < -0.39 is 30.9 Å². The Labute approximate surface area is 164 Å². The highest BCUT2D eigenvalue weighted by Gasteiger charge is 2.40. The normalized spacial score (nSPS) is 16.5. The Bertz CT molecular complexity index is 709. The van der Waals surface area contributed by atoms with Crippen LogP contribution in [0.3, 0.4) is 0 Å². The molecule has 1 saturated heterocycles. The van der Waals surface area contributed by atoms with Gasteiger partial charge in [0.1, 0.15) is 5.75 Å². The monoisotopic (exact) mass is 424 g/mol. The molecule has 1 N–H and O–H groups in total. The van der Waals surface area contributed by atoms with Gasteiger partial charge in [0, 0.05) is 43.3 Å². The molecule has 1 aromatic rings. The fraction of sp³-hybridized carbons (Fsp3) is 0.529. The van der Waals surface area contributed by atoms with E-state index >= 15 is 0 Å². The summed E-state index contributed by atoms with van der Waals surface area (Å²) in [5.41, 5.74) is 0.715. The minimum absolute atomic E-state index is 0.211. The molecule has 0 aromatic heterocycles. The average molecular weight is 425 g/mol. The first-order valence-electron chi connectivity index (χ1n) is 8.44. The van der Waals surface area contributed by atoms with E-state index in [0.29, 0.717) is 36.0 Å². The van der Waals surface area contributed by atoms with Crippen LogP contribution >= 0.6 is 11.6 Å². The summed E-state index contributed by atoms with van der Waals surface area (Å²) in [5.74, 6) is -0.776. The molecule has 11 heteroatoms. The number of hydrogen-bond donors (Lipinski definition) is 1. The van der Waals surface area contributed by atoms with E-state index in [1.807, 2.05) is 4.90 Å². The van der Waals surface area contributed by atoms with Crippen LogP contribution in [0, 0.1) is 0 Å². The molecule has 0 spiro atoms. The van der Waals surface area contributed by atoms with Crippen molar-refractivity contribution in [2.75, 3.05) is 32.8 Å². The maximum atomic E-state index is 12.5. The summed E-state index contributed by atoms with van der Waals surface area (Å²) < 4.78 is 47.2. The first-order chi connectivity index (χ1) is 13.1. The van der Waals surface area contributed by atoms with Crippen molar-refractivity contribution in [2.45, 2.75) is 25.7 Å². The van der Waals surface area contributed by atoms with E-state index in [-0.39, 0.29) is 13.1 Å². The third kappa shape index (κ3) is 6.45. The number of amides is 1. The molecule has 1 aliphatic rings. The van der Waals surface area contributed by atoms with Gasteiger partial charge in [0.2, 0.25) is 0 Å². The Morgan fingerprint density at radius 2 is 1.89 bits per heavy atom. The highest BCUT2D eigenvalue weighted by molar-refractivity contribution is 6.30. The largest absolute Gasteiger partial charge is 0.482 e. The van der Waals surface area contributed by atoms with Crippen molar-refractivity contribution in [1.82, 2.24) is 9.80 Å². The molecule has 0 bridgehead atoms. The smallest absolute Gasteiger partial charge is 0.425 e. The second-order valence-electron chi connectivity index (χ2n) is 6.27. The van der Waals surface area contributed by atoms with Gasteiger partial charge >= 0.3 is 18.2 Å². The summed E-state index contributed by atoms with van der Waals surface area (Å²) in [6.07, 6.45) is -7.76. The van der Waals surface area contributed by atoms with Crippen LogP contribution in [0.5, 0.6) is 5.75 Å². The van der Waals surface area contributed by atoms with E-state index in [1.54, 1.807) is 12.1 Å². The molecule has 0 saturated carbocycles. The zero-order valence-electron chi connectivity index (χ0n) is 15.0. The van der Waals surface area contributed by atoms with Gasteiger partial charge in [-0.1, -0.05) is 17.7 Å². The van der Waals surface area contributed by atoms with Gasteiger partial charge in [0.25, 0.3) is 0 Å². The zero-order chi connectivity index (χ0) is 20.9. The minimum Gasteiger partial charge on any atom is -0.482 e. The maximum absolute atomic E-state index is 12.5. The van der Waals surface area contributed by atoms with Crippen LogP contribution in [-0.2, 0) is 16.1 Å². The number of benzene rings is 1. The van der Waals surface area contributed by atoms with E-state index in [9.17, 15) is 22.8 Å². The van der Waals surface area contributed by atoms with Crippen molar-refractivity contribution in [3.05, 3.63) is 28.8 Å². The highest BCUT2D eigenvalue weighted by atomic mass is 35.5. The fourth-order valence-corrected chi connectivity index (χ4v) is 2.72. The number of alkyl halides is 3. The second-order valence-corrected chi connectivity index (χ2v) is 6.70. The van der Waals surface area contributed by atoms with Gasteiger partial charge < -0.3 is 19.5 Å². The van der Waals surface area contributed by atoms with Crippen LogP contribution in [-0.4, -0.2) is 72.0 Å². The first-order valence-corrected chi connectivity index (χ1v) is 8.81. The van der Waals surface area contributed by atoms with Gasteiger partial charge in [-0.25, -0.2) is 9.59 Å². The number of rotatable bonds is 6. The number of aliphatic carboxylic acids is 1. The van der Waals surface area contributed by atoms with Gasteiger partial charge in [0.05, 0.1) is 0 Å². The van der Waals surface area contributed by atoms with Crippen LogP contribution in [0.25, 0.3) is 0 Å². The quantitative estimate of drug-likeness (QED) is 0.756. The van der Waals surface area contributed by atoms with Crippen molar-refractivity contribution in [3.63, 3.8) is 0 Å². The third-order valence-electron chi connectivity index (χ3n) is 4.14. The number of carbonyl (C=O) groups is 2. The lowest BCUT2D eigenvalue weighted by Gasteiger charge is -2.35. The Morgan fingerprint density at radius 1 is 1.25 bits per heavy atom. The molecular formula is C17H20ClF3N2O5. The van der Waals surface area contributed by atoms with Gasteiger partial charge in [-0.15, -0.1) is 0 Å². The molecule has 156 valence electrons. The topological polar surface area (TPSA) is 79.3 Å². The van der Waals surface area contributed by atoms with Gasteiger partial charge in [-0.05, 0) is 19.1 Å². The van der Waals surface area contributed by atoms with Gasteiger partial charge in [-0.2, -0.15) is 13.2 Å². The van der Waals surface area contributed by atoms with Crippen LogP contribution in [0.15, 0.2) is 18.2 Å². The van der Waals surface area contributed by atoms with E-state index in [4.69, 9.17) is 21.4 Å². The summed E-state index contributed by atoms with van der Waals surface area (Å²) in [4.78, 5) is 25.8. The molecule has 1 atom stereocenters. The number of nitrogens with zero attached hydrogens (tertiary/aromatic N) is 2. The summed E-state index contributed by atoms with van der Waals surface area (Å²) in [7, 11) is 0. The standard InChI is InChI=1S/C17H20ClF3N2O5/c1-11(17(19,20)21)28-16(26)23-6-4-22(5-7-23)9-12-2-3-13(18)8-14(12)27-10-15(24)25/h2-3,8,11H,4-7,9-10H2,1H3,(H,24,25). The van der Waals surface area contributed by atoms with Crippen molar-refractivity contribution in [1.29, 1.82) is 0 Å². The van der Waals surface area contributed by atoms with Crippen LogP contribution < -0.4 is 4.74 Å². The first kappa shape index (κ1) is 22.1. The Kier molecular flexibility index (Phi) is 7.36. The number of carboxylic acids is 1. The molecular weight excluding hydrogens is 405 g/mol. The molecule has 1 aliphatic heterocycles. The second kappa shape index (κ2) is 9.33. The lowest BCUT2D eigenvalue weighted by molar-refractivity contribution is -0.200. The summed E-state index contributed by atoms with van der Waals surface area (Å²) in [5, 5.41) is 9.16. The third-order valence-corrected chi connectivity index (χ3v) is 4.38. The number of carbonyl (C=O) groups excluding carboxylic acids is 1. The number of piperazine rings is 1.